The van der Waals surface area contributed by atoms with Gasteiger partial charge < -0.3 is 9.64 Å². The Kier molecular flexibility index (Phi) is 6.07. The molecule has 0 amide bonds. The zero-order chi connectivity index (χ0) is 22.9. The Morgan fingerprint density at radius 3 is 2.39 bits per heavy atom. The normalized spacial score (nSPS) is 19.5. The van der Waals surface area contributed by atoms with Crippen molar-refractivity contribution in [2.24, 2.45) is 0 Å². The molecule has 2 aliphatic heterocycles. The van der Waals surface area contributed by atoms with Crippen LogP contribution in [0.4, 0.5) is 10.1 Å². The first-order valence-corrected chi connectivity index (χ1v) is 12.0. The molecule has 2 atom stereocenters. The second kappa shape index (κ2) is 9.15. The molecule has 3 heterocycles. The standard InChI is InChI=1S/C24H26FN5O2S/c1-3-20-26-24-30(27-20)23(31)22(33-24)21(16-4-10-19(32-2)11-5-16)29-14-12-28(13-15-29)18-8-6-17(25)7-9-18/h4-11,21-22H,3,12-15H2,1-2H3. The SMILES string of the molecule is CCc1nc2n(n1)C(=O)C(C(c1ccc(OC)cc1)N1CCN(c3ccc(F)cc3)CC1)S2. The Morgan fingerprint density at radius 1 is 1.09 bits per heavy atom. The lowest BCUT2D eigenvalue weighted by molar-refractivity contribution is 0.0830. The Hall–Kier alpha value is -2.91. The number of carbonyl (C=O) groups is 1. The molecule has 1 aromatic heterocycles. The number of aryl methyl sites for hydroxylation is 1. The van der Waals surface area contributed by atoms with E-state index in [1.54, 1.807) is 7.11 Å². The second-order valence-electron chi connectivity index (χ2n) is 8.17. The van der Waals surface area contributed by atoms with Crippen LogP contribution in [0.5, 0.6) is 5.75 Å². The predicted octanol–water partition coefficient (Wildman–Crippen LogP) is 3.67. The molecule has 172 valence electrons. The van der Waals surface area contributed by atoms with E-state index in [-0.39, 0.29) is 23.0 Å². The van der Waals surface area contributed by atoms with Crippen LogP contribution in [-0.4, -0.2) is 64.1 Å². The summed E-state index contributed by atoms with van der Waals surface area (Å²) < 4.78 is 20.1. The molecule has 0 saturated carbocycles. The smallest absolute Gasteiger partial charge is 0.264 e. The number of hydrogen-bond acceptors (Lipinski definition) is 7. The fraction of sp³-hybridized carbons (Fsp3) is 0.375. The van der Waals surface area contributed by atoms with Crippen LogP contribution in [0.2, 0.25) is 0 Å². The van der Waals surface area contributed by atoms with Crippen LogP contribution in [0.1, 0.15) is 29.1 Å². The van der Waals surface area contributed by atoms with Gasteiger partial charge in [-0.25, -0.2) is 9.37 Å². The van der Waals surface area contributed by atoms with Gasteiger partial charge in [0.1, 0.15) is 16.8 Å². The van der Waals surface area contributed by atoms with Gasteiger partial charge >= 0.3 is 0 Å². The number of thioether (sulfide) groups is 1. The number of piperazine rings is 1. The summed E-state index contributed by atoms with van der Waals surface area (Å²) in [5.41, 5.74) is 2.08. The van der Waals surface area contributed by atoms with Crippen molar-refractivity contribution in [2.75, 3.05) is 38.2 Å². The number of hydrogen-bond donors (Lipinski definition) is 0. The average Bonchev–Trinajstić information content (AvgIpc) is 3.40. The number of halogens is 1. The molecule has 0 radical (unpaired) electrons. The molecule has 0 spiro atoms. The van der Waals surface area contributed by atoms with E-state index in [0.717, 1.165) is 43.2 Å². The molecule has 2 unspecified atom stereocenters. The van der Waals surface area contributed by atoms with Crippen LogP contribution >= 0.6 is 11.8 Å². The predicted molar refractivity (Wildman–Crippen MR) is 126 cm³/mol. The molecule has 33 heavy (non-hydrogen) atoms. The number of anilines is 1. The van der Waals surface area contributed by atoms with Crippen molar-refractivity contribution in [3.63, 3.8) is 0 Å². The number of fused-ring (bicyclic) bond motifs is 1. The molecule has 3 aromatic rings. The van der Waals surface area contributed by atoms with Gasteiger partial charge in [-0.1, -0.05) is 30.8 Å². The molecule has 1 saturated heterocycles. The van der Waals surface area contributed by atoms with Crippen molar-refractivity contribution in [3.8, 4) is 5.75 Å². The Morgan fingerprint density at radius 2 is 1.79 bits per heavy atom. The summed E-state index contributed by atoms with van der Waals surface area (Å²) >= 11 is 1.50. The zero-order valence-corrected chi connectivity index (χ0v) is 19.5. The van der Waals surface area contributed by atoms with E-state index in [9.17, 15) is 9.18 Å². The van der Waals surface area contributed by atoms with E-state index in [1.807, 2.05) is 43.3 Å². The third-order valence-electron chi connectivity index (χ3n) is 6.27. The van der Waals surface area contributed by atoms with Crippen molar-refractivity contribution in [3.05, 3.63) is 65.7 Å². The average molecular weight is 468 g/mol. The first-order valence-electron chi connectivity index (χ1n) is 11.1. The third kappa shape index (κ3) is 4.22. The van der Waals surface area contributed by atoms with E-state index in [0.29, 0.717) is 17.4 Å². The van der Waals surface area contributed by atoms with Gasteiger partial charge in [-0.05, 0) is 42.0 Å². The third-order valence-corrected chi connectivity index (χ3v) is 7.45. The fourth-order valence-electron chi connectivity index (χ4n) is 4.48. The summed E-state index contributed by atoms with van der Waals surface area (Å²) in [6.45, 7) is 5.15. The molecule has 7 nitrogen and oxygen atoms in total. The molecule has 0 N–H and O–H groups in total. The minimum Gasteiger partial charge on any atom is -0.497 e. The number of methoxy groups -OCH3 is 1. The van der Waals surface area contributed by atoms with E-state index in [1.165, 1.54) is 28.6 Å². The summed E-state index contributed by atoms with van der Waals surface area (Å²) in [4.78, 5) is 22.5. The minimum absolute atomic E-state index is 0.0241. The summed E-state index contributed by atoms with van der Waals surface area (Å²) in [6.07, 6.45) is 0.700. The van der Waals surface area contributed by atoms with E-state index < -0.39 is 0 Å². The molecule has 2 aliphatic rings. The lowest BCUT2D eigenvalue weighted by atomic mass is 9.99. The van der Waals surface area contributed by atoms with E-state index >= 15 is 0 Å². The molecule has 9 heteroatoms. The maximum absolute atomic E-state index is 13.4. The Bertz CT molecular complexity index is 1130. The highest BCUT2D eigenvalue weighted by atomic mass is 32.2. The fourth-order valence-corrected chi connectivity index (χ4v) is 5.75. The quantitative estimate of drug-likeness (QED) is 0.548. The van der Waals surface area contributed by atoms with Gasteiger partial charge in [0.2, 0.25) is 0 Å². The highest BCUT2D eigenvalue weighted by Crippen LogP contribution is 2.41. The first kappa shape index (κ1) is 21.9. The van der Waals surface area contributed by atoms with Gasteiger partial charge in [-0.15, -0.1) is 5.10 Å². The van der Waals surface area contributed by atoms with Crippen molar-refractivity contribution in [1.29, 1.82) is 0 Å². The molecular weight excluding hydrogens is 441 g/mol. The first-order chi connectivity index (χ1) is 16.1. The lowest BCUT2D eigenvalue weighted by Gasteiger charge is -2.41. The molecule has 0 bridgehead atoms. The maximum atomic E-state index is 13.4. The molecule has 5 rings (SSSR count). The van der Waals surface area contributed by atoms with Crippen LogP contribution in [0.25, 0.3) is 0 Å². The molecule has 2 aromatic carbocycles. The maximum Gasteiger partial charge on any atom is 0.264 e. The van der Waals surface area contributed by atoms with Crippen LogP contribution < -0.4 is 9.64 Å². The number of carbonyl (C=O) groups excluding carboxylic acids is 1. The summed E-state index contributed by atoms with van der Waals surface area (Å²) in [6, 6.07) is 14.5. The van der Waals surface area contributed by atoms with Crippen molar-refractivity contribution >= 4 is 23.4 Å². The topological polar surface area (TPSA) is 63.5 Å². The van der Waals surface area contributed by atoms with Gasteiger partial charge in [0.15, 0.2) is 11.0 Å². The number of ether oxygens (including phenoxy) is 1. The minimum atomic E-state index is -0.323. The van der Waals surface area contributed by atoms with Gasteiger partial charge in [0, 0.05) is 38.3 Å². The van der Waals surface area contributed by atoms with Gasteiger partial charge in [0.05, 0.1) is 13.2 Å². The highest BCUT2D eigenvalue weighted by molar-refractivity contribution is 8.00. The molecule has 0 aliphatic carbocycles. The molecular formula is C24H26FN5O2S. The Labute approximate surface area is 196 Å². The summed E-state index contributed by atoms with van der Waals surface area (Å²) in [7, 11) is 1.65. The number of nitrogens with zero attached hydrogens (tertiary/aromatic N) is 5. The number of aromatic nitrogens is 3. The van der Waals surface area contributed by atoms with E-state index in [2.05, 4.69) is 19.9 Å². The van der Waals surface area contributed by atoms with Crippen LogP contribution in [0.15, 0.2) is 53.7 Å². The number of benzene rings is 2. The van der Waals surface area contributed by atoms with Gasteiger partial charge in [0.25, 0.3) is 5.91 Å². The van der Waals surface area contributed by atoms with Crippen molar-refractivity contribution in [2.45, 2.75) is 29.8 Å². The summed E-state index contributed by atoms with van der Waals surface area (Å²) in [5.74, 6) is 1.22. The van der Waals surface area contributed by atoms with Crippen LogP contribution in [0, 0.1) is 5.82 Å². The van der Waals surface area contributed by atoms with Gasteiger partial charge in [-0.3, -0.25) is 9.69 Å². The van der Waals surface area contributed by atoms with Crippen LogP contribution in [0.3, 0.4) is 0 Å². The van der Waals surface area contributed by atoms with Gasteiger partial charge in [-0.2, -0.15) is 4.68 Å². The monoisotopic (exact) mass is 467 g/mol. The highest BCUT2D eigenvalue weighted by Gasteiger charge is 2.43. The summed E-state index contributed by atoms with van der Waals surface area (Å²) in [5, 5.41) is 4.75. The molecule has 1 fully saturated rings. The number of rotatable bonds is 6. The van der Waals surface area contributed by atoms with Crippen molar-refractivity contribution < 1.29 is 13.9 Å². The zero-order valence-electron chi connectivity index (χ0n) is 18.6. The Balaban J connectivity index is 1.39. The van der Waals surface area contributed by atoms with Crippen LogP contribution in [-0.2, 0) is 6.42 Å². The second-order valence-corrected chi connectivity index (χ2v) is 9.28. The van der Waals surface area contributed by atoms with Crippen molar-refractivity contribution in [1.82, 2.24) is 19.7 Å². The lowest BCUT2D eigenvalue weighted by Crippen LogP contribution is -2.50. The largest absolute Gasteiger partial charge is 0.497 e. The van der Waals surface area contributed by atoms with E-state index in [4.69, 9.17) is 4.74 Å².